The summed E-state index contributed by atoms with van der Waals surface area (Å²) in [5.41, 5.74) is -0.382. The number of hydrogen-bond donors (Lipinski definition) is 3. The summed E-state index contributed by atoms with van der Waals surface area (Å²) in [6.07, 6.45) is 4.32. The van der Waals surface area contributed by atoms with Gasteiger partial charge in [0, 0.05) is 19.4 Å². The highest BCUT2D eigenvalue weighted by molar-refractivity contribution is 5.99. The van der Waals surface area contributed by atoms with Gasteiger partial charge in [-0.1, -0.05) is 50.1 Å². The highest BCUT2D eigenvalue weighted by Crippen LogP contribution is 2.22. The molecule has 0 spiro atoms. The lowest BCUT2D eigenvalue weighted by Crippen LogP contribution is -2.65. The minimum atomic E-state index is -1.27. The van der Waals surface area contributed by atoms with Crippen LogP contribution in [-0.4, -0.2) is 77.2 Å². The molecular weight excluding hydrogens is 500 g/mol. The van der Waals surface area contributed by atoms with Crippen LogP contribution in [0.5, 0.6) is 0 Å². The largest absolute Gasteiger partial charge is 0.365 e. The number of epoxide rings is 1. The molecule has 3 N–H and O–H groups in total. The number of fused-ring (bicyclic) bond motifs is 1. The maximum Gasteiger partial charge on any atom is 0.246 e. The summed E-state index contributed by atoms with van der Waals surface area (Å²) in [6.45, 7) is 4.35. The van der Waals surface area contributed by atoms with Crippen molar-refractivity contribution in [3.05, 3.63) is 35.9 Å². The molecule has 4 rings (SSSR count). The number of unbranched alkanes of at least 4 members (excludes halogenated alkanes) is 2. The van der Waals surface area contributed by atoms with E-state index < -0.39 is 35.5 Å². The average Bonchev–Trinajstić information content (AvgIpc) is 3.67. The Balaban J connectivity index is 1.51. The van der Waals surface area contributed by atoms with E-state index in [0.717, 1.165) is 12.0 Å². The number of rotatable bonds is 10. The minimum Gasteiger partial charge on any atom is -0.365 e. The molecule has 3 saturated heterocycles. The number of amides is 4. The maximum absolute atomic E-state index is 13.7. The van der Waals surface area contributed by atoms with E-state index in [0.29, 0.717) is 58.1 Å². The first-order valence-electron chi connectivity index (χ1n) is 14.1. The van der Waals surface area contributed by atoms with E-state index in [-0.39, 0.29) is 30.1 Å². The fourth-order valence-electron chi connectivity index (χ4n) is 5.29. The van der Waals surface area contributed by atoms with Crippen LogP contribution in [0, 0.1) is 0 Å². The molecule has 1 aromatic rings. The molecule has 10 heteroatoms. The van der Waals surface area contributed by atoms with E-state index >= 15 is 0 Å². The molecule has 3 heterocycles. The zero-order valence-electron chi connectivity index (χ0n) is 22.9. The van der Waals surface area contributed by atoms with Crippen LogP contribution in [0.1, 0.15) is 70.8 Å². The number of carbonyl (C=O) groups excluding carboxylic acids is 5. The van der Waals surface area contributed by atoms with Gasteiger partial charge in [0.2, 0.25) is 23.6 Å². The molecular formula is C29H40N4O6. The molecule has 0 bridgehead atoms. The Labute approximate surface area is 229 Å². The number of benzene rings is 1. The summed E-state index contributed by atoms with van der Waals surface area (Å²) in [7, 11) is 0. The van der Waals surface area contributed by atoms with Crippen molar-refractivity contribution in [1.29, 1.82) is 0 Å². The molecule has 3 aliphatic rings. The molecule has 39 heavy (non-hydrogen) atoms. The number of nitrogens with one attached hydrogen (secondary N) is 3. The van der Waals surface area contributed by atoms with Gasteiger partial charge in [-0.25, -0.2) is 0 Å². The van der Waals surface area contributed by atoms with Crippen LogP contribution >= 0.6 is 0 Å². The van der Waals surface area contributed by atoms with E-state index in [1.54, 1.807) is 18.7 Å². The molecule has 0 aromatic heterocycles. The van der Waals surface area contributed by atoms with Gasteiger partial charge in [-0.05, 0) is 44.6 Å². The highest BCUT2D eigenvalue weighted by atomic mass is 16.6. The Morgan fingerprint density at radius 3 is 2.46 bits per heavy atom. The van der Waals surface area contributed by atoms with Crippen LogP contribution in [0.3, 0.4) is 0 Å². The van der Waals surface area contributed by atoms with Gasteiger partial charge in [0.1, 0.15) is 29.8 Å². The second-order valence-corrected chi connectivity index (χ2v) is 11.0. The summed E-state index contributed by atoms with van der Waals surface area (Å²) >= 11 is 0. The molecule has 0 saturated carbocycles. The van der Waals surface area contributed by atoms with Crippen molar-refractivity contribution >= 4 is 29.4 Å². The molecule has 4 amide bonds. The van der Waals surface area contributed by atoms with E-state index in [2.05, 4.69) is 16.0 Å². The third-order valence-electron chi connectivity index (χ3n) is 8.07. The molecule has 3 aliphatic heterocycles. The summed E-state index contributed by atoms with van der Waals surface area (Å²) in [6, 6.07) is 7.00. The van der Waals surface area contributed by atoms with Crippen molar-refractivity contribution in [2.24, 2.45) is 0 Å². The van der Waals surface area contributed by atoms with Gasteiger partial charge < -0.3 is 25.6 Å². The Hall–Kier alpha value is -3.27. The Bertz CT molecular complexity index is 1070. The number of carbonyl (C=O) groups is 5. The van der Waals surface area contributed by atoms with Gasteiger partial charge in [-0.3, -0.25) is 24.0 Å². The van der Waals surface area contributed by atoms with Crippen LogP contribution < -0.4 is 16.0 Å². The summed E-state index contributed by atoms with van der Waals surface area (Å²) in [5.74, 6) is -1.41. The fraction of sp³-hybridized carbons (Fsp3) is 0.621. The van der Waals surface area contributed by atoms with Gasteiger partial charge in [-0.2, -0.15) is 0 Å². The Morgan fingerprint density at radius 1 is 1.03 bits per heavy atom. The van der Waals surface area contributed by atoms with Crippen molar-refractivity contribution < 1.29 is 28.7 Å². The van der Waals surface area contributed by atoms with E-state index in [1.165, 1.54) is 0 Å². The molecule has 212 valence electrons. The number of hydrogen-bond acceptors (Lipinski definition) is 6. The average molecular weight is 541 g/mol. The summed E-state index contributed by atoms with van der Waals surface area (Å²) in [4.78, 5) is 67.5. The van der Waals surface area contributed by atoms with Gasteiger partial charge >= 0.3 is 0 Å². The predicted octanol–water partition coefficient (Wildman–Crippen LogP) is 1.41. The smallest absolute Gasteiger partial charge is 0.246 e. The lowest BCUT2D eigenvalue weighted by Gasteiger charge is -2.36. The van der Waals surface area contributed by atoms with Crippen molar-refractivity contribution in [1.82, 2.24) is 20.9 Å². The van der Waals surface area contributed by atoms with Gasteiger partial charge in [0.15, 0.2) is 5.78 Å². The zero-order chi connectivity index (χ0) is 28.0. The first kappa shape index (κ1) is 28.7. The summed E-state index contributed by atoms with van der Waals surface area (Å²) < 4.78 is 5.02. The molecule has 0 unspecified atom stereocenters. The normalized spacial score (nSPS) is 29.4. The highest BCUT2D eigenvalue weighted by Gasteiger charge is 2.43. The second-order valence-electron chi connectivity index (χ2n) is 11.0. The van der Waals surface area contributed by atoms with Crippen LogP contribution in [-0.2, 0) is 35.1 Å². The Kier molecular flexibility index (Phi) is 9.37. The van der Waals surface area contributed by atoms with E-state index in [9.17, 15) is 24.0 Å². The first-order valence-corrected chi connectivity index (χ1v) is 14.1. The third-order valence-corrected chi connectivity index (χ3v) is 8.07. The van der Waals surface area contributed by atoms with Gasteiger partial charge in [-0.15, -0.1) is 0 Å². The molecule has 10 nitrogen and oxygen atoms in total. The molecule has 3 fully saturated rings. The molecule has 1 aromatic carbocycles. The number of ether oxygens (including phenoxy) is 1. The number of Topliss-reactive ketones (excluding diaryl/α,β-unsaturated/α-hetero) is 1. The lowest BCUT2D eigenvalue weighted by atomic mass is 9.94. The van der Waals surface area contributed by atoms with E-state index in [1.807, 2.05) is 30.3 Å². The van der Waals surface area contributed by atoms with Crippen molar-refractivity contribution in [2.75, 3.05) is 13.2 Å². The third kappa shape index (κ3) is 7.23. The molecule has 0 aliphatic carbocycles. The van der Waals surface area contributed by atoms with Crippen molar-refractivity contribution in [3.8, 4) is 0 Å². The fourth-order valence-corrected chi connectivity index (χ4v) is 5.29. The number of nitrogens with zero attached hydrogens (tertiary/aromatic N) is 1. The standard InChI is InChI=1S/C29H40N4O6/c1-3-29(2)28(38)31-21(17-19-11-6-4-7-12-19)27(37)33-16-10-14-22(33)26(36)30-20(25(35)32-29)13-8-5-9-15-23(34)24-18-39-24/h4,6-7,11-12,20-22,24H,3,5,8-10,13-18H2,1-2H3,(H,30,36)(H,31,38)(H,32,35)/t20-,21+,22+,24+,29+/m1/s1. The Morgan fingerprint density at radius 2 is 1.77 bits per heavy atom. The maximum atomic E-state index is 13.7. The van der Waals surface area contributed by atoms with Gasteiger partial charge in [0.25, 0.3) is 0 Å². The van der Waals surface area contributed by atoms with Crippen molar-refractivity contribution in [2.45, 2.75) is 101 Å². The van der Waals surface area contributed by atoms with Crippen LogP contribution in [0.25, 0.3) is 0 Å². The summed E-state index contributed by atoms with van der Waals surface area (Å²) in [5, 5.41) is 8.65. The van der Waals surface area contributed by atoms with Crippen LogP contribution in [0.2, 0.25) is 0 Å². The predicted molar refractivity (Wildman–Crippen MR) is 143 cm³/mol. The number of ketones is 1. The first-order chi connectivity index (χ1) is 18.7. The second kappa shape index (κ2) is 12.7. The SMILES string of the molecule is CC[C@]1(C)NC(=O)[C@@H](CCCCCC(=O)[C@@H]2CO2)NC(=O)[C@@H]2CCCN2C(=O)[C@H](Cc2ccccc2)NC1=O. The lowest BCUT2D eigenvalue weighted by molar-refractivity contribution is -0.144. The van der Waals surface area contributed by atoms with E-state index in [4.69, 9.17) is 4.74 Å². The quantitative estimate of drug-likeness (QED) is 0.303. The van der Waals surface area contributed by atoms with Crippen LogP contribution in [0.15, 0.2) is 30.3 Å². The van der Waals surface area contributed by atoms with Gasteiger partial charge in [0.05, 0.1) is 6.61 Å². The molecule has 5 atom stereocenters. The monoisotopic (exact) mass is 540 g/mol. The zero-order valence-corrected chi connectivity index (χ0v) is 22.9. The van der Waals surface area contributed by atoms with Crippen molar-refractivity contribution in [3.63, 3.8) is 0 Å². The minimum absolute atomic E-state index is 0.105. The molecule has 0 radical (unpaired) electrons. The van der Waals surface area contributed by atoms with Crippen LogP contribution in [0.4, 0.5) is 0 Å². The topological polar surface area (TPSA) is 137 Å².